The number of carbonyl (C=O) groups excluding carboxylic acids is 2. The molecule has 0 aromatic rings. The fourth-order valence-corrected chi connectivity index (χ4v) is 2.61. The third kappa shape index (κ3) is 3.94. The summed E-state index contributed by atoms with van der Waals surface area (Å²) in [6.07, 6.45) is 5.84. The van der Waals surface area contributed by atoms with Crippen LogP contribution in [0, 0.1) is 0 Å². The van der Waals surface area contributed by atoms with Crippen molar-refractivity contribution >= 4 is 11.9 Å². The molecule has 1 unspecified atom stereocenters. The van der Waals surface area contributed by atoms with E-state index in [-0.39, 0.29) is 18.0 Å². The van der Waals surface area contributed by atoms with E-state index >= 15 is 0 Å². The van der Waals surface area contributed by atoms with Crippen LogP contribution in [-0.4, -0.2) is 36.7 Å². The van der Waals surface area contributed by atoms with Crippen LogP contribution in [0.25, 0.3) is 0 Å². The quantitative estimate of drug-likeness (QED) is 0.804. The topological polar surface area (TPSA) is 64.6 Å². The van der Waals surface area contributed by atoms with Gasteiger partial charge in [-0.05, 0) is 44.8 Å². The summed E-state index contributed by atoms with van der Waals surface area (Å²) in [5.41, 5.74) is 1.24. The first-order chi connectivity index (χ1) is 9.92. The van der Waals surface area contributed by atoms with Crippen LogP contribution < -0.4 is 5.32 Å². The summed E-state index contributed by atoms with van der Waals surface area (Å²) in [6, 6.07) is 0. The molecule has 1 saturated heterocycles. The summed E-state index contributed by atoms with van der Waals surface area (Å²) >= 11 is 0. The zero-order chi connectivity index (χ0) is 15.5. The van der Waals surface area contributed by atoms with Gasteiger partial charge in [-0.2, -0.15) is 0 Å². The molecule has 5 nitrogen and oxygen atoms in total. The lowest BCUT2D eigenvalue weighted by molar-refractivity contribution is -0.171. The molecule has 1 amide bonds. The van der Waals surface area contributed by atoms with Gasteiger partial charge in [0.15, 0.2) is 5.60 Å². The second-order valence-electron chi connectivity index (χ2n) is 5.82. The van der Waals surface area contributed by atoms with Crippen molar-refractivity contribution in [3.05, 3.63) is 23.3 Å². The molecule has 0 saturated carbocycles. The van der Waals surface area contributed by atoms with Gasteiger partial charge < -0.3 is 14.8 Å². The number of ether oxygens (including phenoxy) is 2. The Morgan fingerprint density at radius 3 is 2.90 bits per heavy atom. The summed E-state index contributed by atoms with van der Waals surface area (Å²) < 4.78 is 10.9. The van der Waals surface area contributed by atoms with E-state index in [1.165, 1.54) is 5.57 Å². The normalized spacial score (nSPS) is 22.4. The first kappa shape index (κ1) is 15.8. The van der Waals surface area contributed by atoms with Crippen molar-refractivity contribution in [2.24, 2.45) is 0 Å². The van der Waals surface area contributed by atoms with Crippen molar-refractivity contribution in [2.45, 2.75) is 51.7 Å². The van der Waals surface area contributed by atoms with Crippen LogP contribution in [0.3, 0.4) is 0 Å². The van der Waals surface area contributed by atoms with E-state index < -0.39 is 5.60 Å². The predicted octanol–water partition coefficient (Wildman–Crippen LogP) is 1.88. The number of hydrogen-bond acceptors (Lipinski definition) is 4. The first-order valence-electron chi connectivity index (χ1n) is 7.44. The van der Waals surface area contributed by atoms with Gasteiger partial charge in [0.05, 0.1) is 19.1 Å². The van der Waals surface area contributed by atoms with E-state index in [1.807, 2.05) is 6.08 Å². The van der Waals surface area contributed by atoms with Gasteiger partial charge in [-0.1, -0.05) is 12.2 Å². The molecule has 1 N–H and O–H groups in total. The Balaban J connectivity index is 2.06. The summed E-state index contributed by atoms with van der Waals surface area (Å²) in [7, 11) is 0. The molecule has 0 bridgehead atoms. The SMILES string of the molecule is CCOC(=O)C(C)(C)OC1C=C2CC(=O)NCCC2=CC1. The molecule has 1 aliphatic heterocycles. The Morgan fingerprint density at radius 1 is 1.43 bits per heavy atom. The van der Waals surface area contributed by atoms with Gasteiger partial charge in [-0.3, -0.25) is 4.79 Å². The molecule has 2 rings (SSSR count). The smallest absolute Gasteiger partial charge is 0.337 e. The average molecular weight is 293 g/mol. The van der Waals surface area contributed by atoms with Gasteiger partial charge in [-0.15, -0.1) is 0 Å². The molecule has 0 radical (unpaired) electrons. The highest BCUT2D eigenvalue weighted by Gasteiger charge is 2.33. The molecular formula is C16H23NO4. The Morgan fingerprint density at radius 2 is 2.19 bits per heavy atom. The van der Waals surface area contributed by atoms with Gasteiger partial charge in [0.1, 0.15) is 0 Å². The molecule has 21 heavy (non-hydrogen) atoms. The lowest BCUT2D eigenvalue weighted by Crippen LogP contribution is -2.40. The maximum absolute atomic E-state index is 11.9. The highest BCUT2D eigenvalue weighted by Crippen LogP contribution is 2.29. The molecule has 1 atom stereocenters. The summed E-state index contributed by atoms with van der Waals surface area (Å²) in [5.74, 6) is -0.327. The molecule has 2 aliphatic rings. The second kappa shape index (κ2) is 6.43. The van der Waals surface area contributed by atoms with Crippen molar-refractivity contribution in [2.75, 3.05) is 13.2 Å². The molecule has 0 spiro atoms. The van der Waals surface area contributed by atoms with E-state index in [0.717, 1.165) is 18.4 Å². The number of nitrogens with one attached hydrogen (secondary N) is 1. The van der Waals surface area contributed by atoms with E-state index in [2.05, 4.69) is 11.4 Å². The monoisotopic (exact) mass is 293 g/mol. The first-order valence-corrected chi connectivity index (χ1v) is 7.44. The van der Waals surface area contributed by atoms with E-state index in [0.29, 0.717) is 19.6 Å². The molecule has 0 aromatic carbocycles. The summed E-state index contributed by atoms with van der Waals surface area (Å²) in [6.45, 7) is 6.21. The van der Waals surface area contributed by atoms with E-state index in [4.69, 9.17) is 9.47 Å². The van der Waals surface area contributed by atoms with Crippen molar-refractivity contribution < 1.29 is 19.1 Å². The predicted molar refractivity (Wildman–Crippen MR) is 78.6 cm³/mol. The van der Waals surface area contributed by atoms with Gasteiger partial charge in [-0.25, -0.2) is 4.79 Å². The third-order valence-electron chi connectivity index (χ3n) is 3.68. The van der Waals surface area contributed by atoms with Crippen molar-refractivity contribution in [1.82, 2.24) is 5.32 Å². The Bertz CT molecular complexity index is 491. The zero-order valence-electron chi connectivity index (χ0n) is 12.9. The molecular weight excluding hydrogens is 270 g/mol. The van der Waals surface area contributed by atoms with Gasteiger partial charge in [0.2, 0.25) is 5.91 Å². The van der Waals surface area contributed by atoms with Crippen molar-refractivity contribution in [3.8, 4) is 0 Å². The standard InChI is InChI=1S/C16H23NO4/c1-4-20-15(19)16(2,3)21-13-6-5-11-7-8-17-14(18)10-12(11)9-13/h5,9,13H,4,6-8,10H2,1-3H3,(H,17,18). The minimum atomic E-state index is -0.990. The molecule has 5 heteroatoms. The fourth-order valence-electron chi connectivity index (χ4n) is 2.61. The number of hydrogen-bond donors (Lipinski definition) is 1. The zero-order valence-corrected chi connectivity index (χ0v) is 12.9. The summed E-state index contributed by atoms with van der Waals surface area (Å²) in [5, 5.41) is 2.86. The van der Waals surface area contributed by atoms with Crippen LogP contribution in [0.15, 0.2) is 23.3 Å². The third-order valence-corrected chi connectivity index (χ3v) is 3.68. The molecule has 0 aromatic heterocycles. The Hall–Kier alpha value is -1.62. The Labute approximate surface area is 125 Å². The maximum atomic E-state index is 11.9. The maximum Gasteiger partial charge on any atom is 0.337 e. The van der Waals surface area contributed by atoms with Crippen LogP contribution in [0.1, 0.15) is 40.0 Å². The van der Waals surface area contributed by atoms with Crippen LogP contribution in [0.4, 0.5) is 0 Å². The fraction of sp³-hybridized carbons (Fsp3) is 0.625. The number of esters is 1. The minimum Gasteiger partial charge on any atom is -0.464 e. The highest BCUT2D eigenvalue weighted by molar-refractivity contribution is 5.81. The summed E-state index contributed by atoms with van der Waals surface area (Å²) in [4.78, 5) is 23.5. The lowest BCUT2D eigenvalue weighted by atomic mass is 9.92. The van der Waals surface area contributed by atoms with Gasteiger partial charge in [0, 0.05) is 6.54 Å². The number of amides is 1. The van der Waals surface area contributed by atoms with Crippen LogP contribution in [-0.2, 0) is 19.1 Å². The molecule has 116 valence electrons. The largest absolute Gasteiger partial charge is 0.464 e. The lowest BCUT2D eigenvalue weighted by Gasteiger charge is -2.29. The molecule has 1 fully saturated rings. The molecule has 1 aliphatic carbocycles. The van der Waals surface area contributed by atoms with Crippen LogP contribution in [0.2, 0.25) is 0 Å². The number of rotatable bonds is 4. The number of carbonyl (C=O) groups is 2. The van der Waals surface area contributed by atoms with Gasteiger partial charge >= 0.3 is 5.97 Å². The molecule has 1 heterocycles. The van der Waals surface area contributed by atoms with Crippen molar-refractivity contribution in [3.63, 3.8) is 0 Å². The number of fused-ring (bicyclic) bond motifs is 1. The Kier molecular flexibility index (Phi) is 4.83. The second-order valence-corrected chi connectivity index (χ2v) is 5.82. The van der Waals surface area contributed by atoms with Crippen LogP contribution in [0.5, 0.6) is 0 Å². The van der Waals surface area contributed by atoms with E-state index in [9.17, 15) is 9.59 Å². The highest BCUT2D eigenvalue weighted by atomic mass is 16.6. The van der Waals surface area contributed by atoms with E-state index in [1.54, 1.807) is 20.8 Å². The van der Waals surface area contributed by atoms with Gasteiger partial charge in [0.25, 0.3) is 0 Å². The minimum absolute atomic E-state index is 0.0370. The van der Waals surface area contributed by atoms with Crippen molar-refractivity contribution in [1.29, 1.82) is 0 Å². The average Bonchev–Trinajstić information content (AvgIpc) is 2.58. The van der Waals surface area contributed by atoms with Crippen LogP contribution >= 0.6 is 0 Å².